The second-order valence-corrected chi connectivity index (χ2v) is 7.51. The van der Waals surface area contributed by atoms with E-state index >= 15 is 0 Å². The quantitative estimate of drug-likeness (QED) is 0.521. The lowest BCUT2D eigenvalue weighted by molar-refractivity contribution is 0.102. The molecule has 1 saturated heterocycles. The van der Waals surface area contributed by atoms with Crippen LogP contribution in [0, 0.1) is 0 Å². The van der Waals surface area contributed by atoms with Crippen molar-refractivity contribution >= 4 is 11.0 Å². The molecular weight excluding hydrogens is 336 g/mol. The Kier molecular flexibility index (Phi) is 5.44. The van der Waals surface area contributed by atoms with Gasteiger partial charge in [-0.3, -0.25) is 0 Å². The van der Waals surface area contributed by atoms with Crippen molar-refractivity contribution in [2.24, 2.45) is 0 Å². The maximum absolute atomic E-state index is 6.11. The Morgan fingerprint density at radius 2 is 1.96 bits per heavy atom. The zero-order valence-corrected chi connectivity index (χ0v) is 16.2. The van der Waals surface area contributed by atoms with Gasteiger partial charge in [0.05, 0.1) is 17.6 Å². The van der Waals surface area contributed by atoms with Crippen LogP contribution in [-0.4, -0.2) is 22.8 Å². The zero-order chi connectivity index (χ0) is 18.6. The number of benzene rings is 2. The van der Waals surface area contributed by atoms with E-state index in [9.17, 15) is 0 Å². The predicted molar refractivity (Wildman–Crippen MR) is 108 cm³/mol. The molecular formula is C23H28N2O2. The van der Waals surface area contributed by atoms with Gasteiger partial charge in [-0.25, -0.2) is 4.98 Å². The van der Waals surface area contributed by atoms with Crippen LogP contribution in [0.1, 0.15) is 56.5 Å². The SMILES string of the molecule is CC(C)c1ccccc1OCCCn1c(C2CCCO2)nc2ccccc21. The number of hydrogen-bond acceptors (Lipinski definition) is 3. The first-order chi connectivity index (χ1) is 13.2. The molecule has 0 spiro atoms. The maximum atomic E-state index is 6.11. The topological polar surface area (TPSA) is 36.3 Å². The first-order valence-electron chi connectivity index (χ1n) is 10.0. The highest BCUT2D eigenvalue weighted by Crippen LogP contribution is 2.31. The monoisotopic (exact) mass is 364 g/mol. The molecule has 0 radical (unpaired) electrons. The molecule has 1 aromatic heterocycles. The maximum Gasteiger partial charge on any atom is 0.139 e. The van der Waals surface area contributed by atoms with E-state index < -0.39 is 0 Å². The van der Waals surface area contributed by atoms with Gasteiger partial charge in [-0.2, -0.15) is 0 Å². The van der Waals surface area contributed by atoms with Gasteiger partial charge in [0, 0.05) is 13.2 Å². The lowest BCUT2D eigenvalue weighted by Crippen LogP contribution is -2.11. The van der Waals surface area contributed by atoms with Crippen LogP contribution in [-0.2, 0) is 11.3 Å². The largest absolute Gasteiger partial charge is 0.493 e. The predicted octanol–water partition coefficient (Wildman–Crippen LogP) is 5.48. The molecule has 3 aromatic rings. The van der Waals surface area contributed by atoms with E-state index in [0.717, 1.165) is 49.5 Å². The summed E-state index contributed by atoms with van der Waals surface area (Å²) in [6.45, 7) is 6.82. The molecule has 0 N–H and O–H groups in total. The third-order valence-corrected chi connectivity index (χ3v) is 5.23. The molecule has 27 heavy (non-hydrogen) atoms. The highest BCUT2D eigenvalue weighted by Gasteiger charge is 2.24. The van der Waals surface area contributed by atoms with E-state index in [1.165, 1.54) is 11.1 Å². The van der Waals surface area contributed by atoms with Gasteiger partial charge in [0.25, 0.3) is 0 Å². The number of ether oxygens (including phenoxy) is 2. The molecule has 1 atom stereocenters. The van der Waals surface area contributed by atoms with Crippen LogP contribution >= 0.6 is 0 Å². The highest BCUT2D eigenvalue weighted by molar-refractivity contribution is 5.76. The molecule has 2 heterocycles. The molecule has 1 fully saturated rings. The molecule has 0 amide bonds. The Morgan fingerprint density at radius 3 is 2.78 bits per heavy atom. The summed E-state index contributed by atoms with van der Waals surface area (Å²) in [7, 11) is 0. The molecule has 0 saturated carbocycles. The van der Waals surface area contributed by atoms with Crippen LogP contribution in [0.3, 0.4) is 0 Å². The second kappa shape index (κ2) is 8.13. The van der Waals surface area contributed by atoms with Crippen molar-refractivity contribution < 1.29 is 9.47 Å². The Labute approximate surface area is 161 Å². The fourth-order valence-electron chi connectivity index (χ4n) is 3.85. The summed E-state index contributed by atoms with van der Waals surface area (Å²) in [5.74, 6) is 2.53. The summed E-state index contributed by atoms with van der Waals surface area (Å²) in [5, 5.41) is 0. The van der Waals surface area contributed by atoms with E-state index in [0.29, 0.717) is 12.5 Å². The van der Waals surface area contributed by atoms with Gasteiger partial charge in [0.2, 0.25) is 0 Å². The number of hydrogen-bond donors (Lipinski definition) is 0. The van der Waals surface area contributed by atoms with E-state index in [-0.39, 0.29) is 6.10 Å². The summed E-state index contributed by atoms with van der Waals surface area (Å²) >= 11 is 0. The lowest BCUT2D eigenvalue weighted by atomic mass is 10.0. The van der Waals surface area contributed by atoms with Gasteiger partial charge in [-0.15, -0.1) is 0 Å². The van der Waals surface area contributed by atoms with Crippen LogP contribution in [0.15, 0.2) is 48.5 Å². The number of aryl methyl sites for hydroxylation is 1. The molecule has 0 aliphatic carbocycles. The van der Waals surface area contributed by atoms with Crippen LogP contribution in [0.4, 0.5) is 0 Å². The molecule has 2 aromatic carbocycles. The molecule has 4 heteroatoms. The third kappa shape index (κ3) is 3.86. The van der Waals surface area contributed by atoms with E-state index in [2.05, 4.69) is 54.8 Å². The highest BCUT2D eigenvalue weighted by atomic mass is 16.5. The number of aromatic nitrogens is 2. The molecule has 142 valence electrons. The fourth-order valence-corrected chi connectivity index (χ4v) is 3.85. The minimum absolute atomic E-state index is 0.125. The Morgan fingerprint density at radius 1 is 1.15 bits per heavy atom. The fraction of sp³-hybridized carbons (Fsp3) is 0.435. The molecule has 1 unspecified atom stereocenters. The second-order valence-electron chi connectivity index (χ2n) is 7.51. The van der Waals surface area contributed by atoms with Gasteiger partial charge in [0.15, 0.2) is 0 Å². The third-order valence-electron chi connectivity index (χ3n) is 5.23. The summed E-state index contributed by atoms with van der Waals surface area (Å²) in [4.78, 5) is 4.87. The first-order valence-corrected chi connectivity index (χ1v) is 10.0. The minimum atomic E-state index is 0.125. The Hall–Kier alpha value is -2.33. The number of para-hydroxylation sites is 3. The Bertz CT molecular complexity index is 894. The molecule has 1 aliphatic rings. The van der Waals surface area contributed by atoms with E-state index in [4.69, 9.17) is 14.5 Å². The number of imidazole rings is 1. The first kappa shape index (κ1) is 18.1. The van der Waals surface area contributed by atoms with Crippen LogP contribution in [0.5, 0.6) is 5.75 Å². The summed E-state index contributed by atoms with van der Waals surface area (Å²) in [5.41, 5.74) is 3.50. The zero-order valence-electron chi connectivity index (χ0n) is 16.2. The number of rotatable bonds is 7. The molecule has 1 aliphatic heterocycles. The summed E-state index contributed by atoms with van der Waals surface area (Å²) in [6.07, 6.45) is 3.23. The Balaban J connectivity index is 1.47. The average molecular weight is 364 g/mol. The van der Waals surface area contributed by atoms with Crippen molar-refractivity contribution in [1.82, 2.24) is 9.55 Å². The molecule has 4 nitrogen and oxygen atoms in total. The molecule has 4 rings (SSSR count). The smallest absolute Gasteiger partial charge is 0.139 e. The van der Waals surface area contributed by atoms with Crippen LogP contribution in [0.2, 0.25) is 0 Å². The standard InChI is InChI=1S/C23H28N2O2/c1-17(2)18-9-3-6-12-21(18)26-16-8-14-25-20-11-5-4-10-19(20)24-23(25)22-13-7-15-27-22/h3-6,9-12,17,22H,7-8,13-16H2,1-2H3. The van der Waals surface area contributed by atoms with Gasteiger partial charge in [-0.05, 0) is 48.9 Å². The minimum Gasteiger partial charge on any atom is -0.493 e. The van der Waals surface area contributed by atoms with E-state index in [1.54, 1.807) is 0 Å². The molecule has 0 bridgehead atoms. The van der Waals surface area contributed by atoms with Crippen molar-refractivity contribution in [1.29, 1.82) is 0 Å². The van der Waals surface area contributed by atoms with Gasteiger partial charge < -0.3 is 14.0 Å². The normalized spacial score (nSPS) is 17.1. The van der Waals surface area contributed by atoms with Crippen LogP contribution in [0.25, 0.3) is 11.0 Å². The van der Waals surface area contributed by atoms with Crippen molar-refractivity contribution in [2.75, 3.05) is 13.2 Å². The van der Waals surface area contributed by atoms with E-state index in [1.807, 2.05) is 12.1 Å². The summed E-state index contributed by atoms with van der Waals surface area (Å²) in [6, 6.07) is 16.7. The van der Waals surface area contributed by atoms with Crippen molar-refractivity contribution in [2.45, 2.75) is 51.7 Å². The van der Waals surface area contributed by atoms with Crippen molar-refractivity contribution in [3.8, 4) is 5.75 Å². The van der Waals surface area contributed by atoms with Crippen molar-refractivity contribution in [3.63, 3.8) is 0 Å². The van der Waals surface area contributed by atoms with Gasteiger partial charge >= 0.3 is 0 Å². The van der Waals surface area contributed by atoms with Crippen LogP contribution < -0.4 is 4.74 Å². The average Bonchev–Trinajstić information content (AvgIpc) is 3.33. The lowest BCUT2D eigenvalue weighted by Gasteiger charge is -2.16. The number of nitrogens with zero attached hydrogens (tertiary/aromatic N) is 2. The van der Waals surface area contributed by atoms with Gasteiger partial charge in [-0.1, -0.05) is 44.2 Å². The van der Waals surface area contributed by atoms with Gasteiger partial charge in [0.1, 0.15) is 17.7 Å². The van der Waals surface area contributed by atoms with Crippen molar-refractivity contribution in [3.05, 3.63) is 59.9 Å². The number of fused-ring (bicyclic) bond motifs is 1. The summed E-state index contributed by atoms with van der Waals surface area (Å²) < 4.78 is 14.3.